The molecule has 0 aliphatic carbocycles. The van der Waals surface area contributed by atoms with Crippen molar-refractivity contribution in [3.05, 3.63) is 120 Å². The standard InChI is InChI=1S/C33H38N2O5/c1-5-39-30(37)24-22-28(34-31(38)40-32(2,3)4)21-23-29(36)35-33(25-15-9-6-10-16-25,26-17-11-7-12-18-26)27-19-13-8-14-20-27/h6-20,22,24,28H,5,21,23H2,1-4H3,(H,34,38)(H,35,36)/b24-22+/t28-/m0/s1. The monoisotopic (exact) mass is 542 g/mol. The Hall–Kier alpha value is -4.39. The van der Waals surface area contributed by atoms with E-state index in [9.17, 15) is 14.4 Å². The lowest BCUT2D eigenvalue weighted by molar-refractivity contribution is -0.137. The molecule has 7 nitrogen and oxygen atoms in total. The molecule has 0 spiro atoms. The summed E-state index contributed by atoms with van der Waals surface area (Å²) in [4.78, 5) is 38.1. The van der Waals surface area contributed by atoms with Crippen molar-refractivity contribution < 1.29 is 23.9 Å². The number of alkyl carbamates (subject to hydrolysis) is 1. The van der Waals surface area contributed by atoms with Crippen LogP contribution in [-0.4, -0.2) is 36.2 Å². The summed E-state index contributed by atoms with van der Waals surface area (Å²) in [5, 5.41) is 6.06. The molecule has 2 N–H and O–H groups in total. The lowest BCUT2D eigenvalue weighted by Crippen LogP contribution is -2.48. The van der Waals surface area contributed by atoms with E-state index in [1.54, 1.807) is 27.7 Å². The van der Waals surface area contributed by atoms with Crippen LogP contribution in [0.25, 0.3) is 0 Å². The Morgan fingerprint density at radius 2 is 1.27 bits per heavy atom. The number of carbonyl (C=O) groups is 3. The lowest BCUT2D eigenvalue weighted by atomic mass is 9.77. The molecule has 1 atom stereocenters. The van der Waals surface area contributed by atoms with Gasteiger partial charge < -0.3 is 20.1 Å². The second-order valence-corrected chi connectivity index (χ2v) is 10.3. The number of rotatable bonds is 11. The Balaban J connectivity index is 1.90. The summed E-state index contributed by atoms with van der Waals surface area (Å²) in [6, 6.07) is 28.8. The van der Waals surface area contributed by atoms with Gasteiger partial charge in [-0.25, -0.2) is 9.59 Å². The van der Waals surface area contributed by atoms with E-state index in [1.807, 2.05) is 91.0 Å². The molecule has 3 aromatic carbocycles. The van der Waals surface area contributed by atoms with Gasteiger partial charge in [0.15, 0.2) is 0 Å². The first kappa shape index (κ1) is 30.2. The second-order valence-electron chi connectivity index (χ2n) is 10.3. The molecule has 7 heteroatoms. The fourth-order valence-corrected chi connectivity index (χ4v) is 4.40. The van der Waals surface area contributed by atoms with E-state index >= 15 is 0 Å². The van der Waals surface area contributed by atoms with Crippen LogP contribution in [0.1, 0.15) is 57.2 Å². The number of nitrogens with one attached hydrogen (secondary N) is 2. The molecular formula is C33H38N2O5. The molecule has 3 aromatic rings. The molecule has 0 aromatic heterocycles. The predicted molar refractivity (Wildman–Crippen MR) is 156 cm³/mol. The summed E-state index contributed by atoms with van der Waals surface area (Å²) >= 11 is 0. The van der Waals surface area contributed by atoms with E-state index in [4.69, 9.17) is 9.47 Å². The molecule has 0 bridgehead atoms. The summed E-state index contributed by atoms with van der Waals surface area (Å²) in [5.74, 6) is -0.753. The molecule has 0 radical (unpaired) electrons. The molecule has 0 saturated carbocycles. The van der Waals surface area contributed by atoms with Gasteiger partial charge in [-0.15, -0.1) is 0 Å². The van der Waals surface area contributed by atoms with Crippen molar-refractivity contribution in [3.8, 4) is 0 Å². The van der Waals surface area contributed by atoms with Crippen molar-refractivity contribution >= 4 is 18.0 Å². The smallest absolute Gasteiger partial charge is 0.408 e. The van der Waals surface area contributed by atoms with Crippen LogP contribution in [0.3, 0.4) is 0 Å². The molecule has 0 aliphatic rings. The molecule has 2 amide bonds. The van der Waals surface area contributed by atoms with Gasteiger partial charge in [0, 0.05) is 12.5 Å². The second kappa shape index (κ2) is 14.1. The van der Waals surface area contributed by atoms with Gasteiger partial charge >= 0.3 is 12.1 Å². The number of carbonyl (C=O) groups excluding carboxylic acids is 3. The molecule has 0 saturated heterocycles. The zero-order valence-electron chi connectivity index (χ0n) is 23.6. The number of hydrogen-bond donors (Lipinski definition) is 2. The lowest BCUT2D eigenvalue weighted by Gasteiger charge is -2.37. The van der Waals surface area contributed by atoms with E-state index in [2.05, 4.69) is 10.6 Å². The average molecular weight is 543 g/mol. The maximum atomic E-state index is 13.7. The van der Waals surface area contributed by atoms with E-state index in [-0.39, 0.29) is 25.4 Å². The van der Waals surface area contributed by atoms with E-state index in [0.29, 0.717) is 0 Å². The molecule has 40 heavy (non-hydrogen) atoms. The van der Waals surface area contributed by atoms with Crippen LogP contribution in [0.5, 0.6) is 0 Å². The van der Waals surface area contributed by atoms with Crippen LogP contribution in [0.2, 0.25) is 0 Å². The van der Waals surface area contributed by atoms with Gasteiger partial charge in [0.2, 0.25) is 5.91 Å². The molecule has 0 aliphatic heterocycles. The quantitative estimate of drug-likeness (QED) is 0.179. The number of ether oxygens (including phenoxy) is 2. The Kier molecular flexibility index (Phi) is 10.6. The zero-order chi connectivity index (χ0) is 29.0. The van der Waals surface area contributed by atoms with Crippen molar-refractivity contribution in [2.24, 2.45) is 0 Å². The molecule has 3 rings (SSSR count). The minimum absolute atomic E-state index is 0.0713. The highest BCUT2D eigenvalue weighted by Crippen LogP contribution is 2.36. The Labute approximate surface area is 236 Å². The molecule has 210 valence electrons. The number of esters is 1. The van der Waals surface area contributed by atoms with Gasteiger partial charge in [0.1, 0.15) is 11.1 Å². The normalized spacial score (nSPS) is 12.4. The third kappa shape index (κ3) is 8.56. The first-order valence-corrected chi connectivity index (χ1v) is 13.5. The number of benzene rings is 3. The SMILES string of the molecule is CCOC(=O)/C=C/[C@H](CCC(=O)NC(c1ccccc1)(c1ccccc1)c1ccccc1)NC(=O)OC(C)(C)C. The van der Waals surface area contributed by atoms with Gasteiger partial charge in [-0.3, -0.25) is 4.79 Å². The predicted octanol–water partition coefficient (Wildman–Crippen LogP) is 5.89. The summed E-state index contributed by atoms with van der Waals surface area (Å²) < 4.78 is 10.4. The van der Waals surface area contributed by atoms with Crippen LogP contribution in [0.4, 0.5) is 4.79 Å². The number of hydrogen-bond acceptors (Lipinski definition) is 5. The Morgan fingerprint density at radius 3 is 1.70 bits per heavy atom. The van der Waals surface area contributed by atoms with Crippen LogP contribution in [-0.2, 0) is 24.6 Å². The van der Waals surface area contributed by atoms with Gasteiger partial charge in [-0.05, 0) is 50.8 Å². The minimum atomic E-state index is -0.949. The fourth-order valence-electron chi connectivity index (χ4n) is 4.40. The van der Waals surface area contributed by atoms with Crippen molar-refractivity contribution in [1.82, 2.24) is 10.6 Å². The maximum Gasteiger partial charge on any atom is 0.408 e. The Bertz CT molecular complexity index is 1170. The third-order valence-electron chi connectivity index (χ3n) is 6.08. The van der Waals surface area contributed by atoms with Gasteiger partial charge in [-0.2, -0.15) is 0 Å². The first-order valence-electron chi connectivity index (χ1n) is 13.5. The highest BCUT2D eigenvalue weighted by molar-refractivity contribution is 5.82. The molecule has 0 unspecified atom stereocenters. The van der Waals surface area contributed by atoms with Crippen LogP contribution in [0, 0.1) is 0 Å². The van der Waals surface area contributed by atoms with Crippen molar-refractivity contribution in [2.45, 2.75) is 57.7 Å². The summed E-state index contributed by atoms with van der Waals surface area (Å²) in [6.07, 6.45) is 2.44. The van der Waals surface area contributed by atoms with Gasteiger partial charge in [0.25, 0.3) is 0 Å². The minimum Gasteiger partial charge on any atom is -0.463 e. The summed E-state index contributed by atoms with van der Waals surface area (Å²) in [6.45, 7) is 7.24. The Morgan fingerprint density at radius 1 is 0.800 bits per heavy atom. The first-order chi connectivity index (χ1) is 19.1. The summed E-state index contributed by atoms with van der Waals surface area (Å²) in [7, 11) is 0. The topological polar surface area (TPSA) is 93.7 Å². The molecule has 0 heterocycles. The van der Waals surface area contributed by atoms with Gasteiger partial charge in [0.05, 0.1) is 12.6 Å². The van der Waals surface area contributed by atoms with Gasteiger partial charge in [-0.1, -0.05) is 97.1 Å². The molecule has 0 fully saturated rings. The summed E-state index contributed by atoms with van der Waals surface area (Å²) in [5.41, 5.74) is 1.08. The van der Waals surface area contributed by atoms with Crippen LogP contribution >= 0.6 is 0 Å². The van der Waals surface area contributed by atoms with Crippen molar-refractivity contribution in [3.63, 3.8) is 0 Å². The fraction of sp³-hybridized carbons (Fsp3) is 0.303. The van der Waals surface area contributed by atoms with Crippen LogP contribution in [0.15, 0.2) is 103 Å². The average Bonchev–Trinajstić information content (AvgIpc) is 2.94. The maximum absolute atomic E-state index is 13.7. The highest BCUT2D eigenvalue weighted by atomic mass is 16.6. The van der Waals surface area contributed by atoms with Crippen molar-refractivity contribution in [1.29, 1.82) is 0 Å². The number of amides is 2. The molecular weight excluding hydrogens is 504 g/mol. The van der Waals surface area contributed by atoms with E-state index in [0.717, 1.165) is 16.7 Å². The highest BCUT2D eigenvalue weighted by Gasteiger charge is 2.37. The third-order valence-corrected chi connectivity index (χ3v) is 6.08. The van der Waals surface area contributed by atoms with E-state index < -0.39 is 29.2 Å². The zero-order valence-corrected chi connectivity index (χ0v) is 23.6. The largest absolute Gasteiger partial charge is 0.463 e. The van der Waals surface area contributed by atoms with Crippen LogP contribution < -0.4 is 10.6 Å². The van der Waals surface area contributed by atoms with E-state index in [1.165, 1.54) is 12.2 Å². The van der Waals surface area contributed by atoms with Crippen molar-refractivity contribution in [2.75, 3.05) is 6.61 Å².